The lowest BCUT2D eigenvalue weighted by atomic mass is 10.0. The van der Waals surface area contributed by atoms with Crippen molar-refractivity contribution in [2.75, 3.05) is 0 Å². The van der Waals surface area contributed by atoms with Gasteiger partial charge in [-0.3, -0.25) is 0 Å². The zero-order valence-electron chi connectivity index (χ0n) is 11.1. The van der Waals surface area contributed by atoms with Gasteiger partial charge in [-0.2, -0.15) is 0 Å². The molecule has 19 heavy (non-hydrogen) atoms. The predicted octanol–water partition coefficient (Wildman–Crippen LogP) is 4.68. The largest absolute Gasteiger partial charge is 0.303 e. The monoisotopic (exact) mass is 271 g/mol. The van der Waals surface area contributed by atoms with E-state index in [0.29, 0.717) is 6.04 Å². The molecule has 2 atom stereocenters. The van der Waals surface area contributed by atoms with Crippen LogP contribution in [-0.4, -0.2) is 0 Å². The third-order valence-corrected chi connectivity index (χ3v) is 4.30. The Balaban J connectivity index is 1.78. The Hall–Kier alpha value is -1.31. The molecule has 0 amide bonds. The fourth-order valence-corrected chi connectivity index (χ4v) is 3.25. The van der Waals surface area contributed by atoms with Crippen molar-refractivity contribution in [1.82, 2.24) is 5.32 Å². The first kappa shape index (κ1) is 12.7. The molecule has 0 bridgehead atoms. The molecule has 3 rings (SSSR count). The Morgan fingerprint density at radius 1 is 1.11 bits per heavy atom. The number of nitrogens with one attached hydrogen (secondary N) is 1. The van der Waals surface area contributed by atoms with Crippen LogP contribution in [-0.2, 0) is 6.42 Å². The van der Waals surface area contributed by atoms with Crippen molar-refractivity contribution in [3.05, 3.63) is 70.2 Å². The molecule has 1 N–H and O–H groups in total. The van der Waals surface area contributed by atoms with Crippen LogP contribution in [0.1, 0.15) is 42.1 Å². The minimum atomic E-state index is 0.268. The summed E-state index contributed by atoms with van der Waals surface area (Å²) in [7, 11) is 0. The number of hydrogen-bond donors (Lipinski definition) is 1. The van der Waals surface area contributed by atoms with Gasteiger partial charge >= 0.3 is 0 Å². The van der Waals surface area contributed by atoms with E-state index in [1.54, 1.807) is 0 Å². The molecule has 0 radical (unpaired) electrons. The Morgan fingerprint density at radius 3 is 2.68 bits per heavy atom. The van der Waals surface area contributed by atoms with Gasteiger partial charge in [-0.15, -0.1) is 0 Å². The maximum absolute atomic E-state index is 6.26. The molecule has 0 saturated heterocycles. The maximum Gasteiger partial charge on any atom is 0.0453 e. The summed E-state index contributed by atoms with van der Waals surface area (Å²) < 4.78 is 0. The zero-order chi connectivity index (χ0) is 13.2. The minimum Gasteiger partial charge on any atom is -0.303 e. The van der Waals surface area contributed by atoms with Crippen LogP contribution in [0.2, 0.25) is 5.02 Å². The van der Waals surface area contributed by atoms with Crippen LogP contribution >= 0.6 is 11.6 Å². The molecule has 2 aromatic carbocycles. The number of halogens is 1. The molecular weight excluding hydrogens is 254 g/mol. The second-order valence-electron chi connectivity index (χ2n) is 5.20. The number of hydrogen-bond acceptors (Lipinski definition) is 1. The quantitative estimate of drug-likeness (QED) is 0.855. The summed E-state index contributed by atoms with van der Waals surface area (Å²) in [5.74, 6) is 0. The molecule has 1 unspecified atom stereocenters. The van der Waals surface area contributed by atoms with Gasteiger partial charge in [-0.05, 0) is 42.5 Å². The summed E-state index contributed by atoms with van der Waals surface area (Å²) in [6.07, 6.45) is 2.34. The van der Waals surface area contributed by atoms with Crippen molar-refractivity contribution in [2.45, 2.75) is 31.8 Å². The molecule has 0 heterocycles. The first-order valence-corrected chi connectivity index (χ1v) is 7.22. The van der Waals surface area contributed by atoms with E-state index in [4.69, 9.17) is 11.6 Å². The van der Waals surface area contributed by atoms with E-state index in [0.717, 1.165) is 5.02 Å². The SMILES string of the molecule is C[C@H](NC1CCc2ccccc21)c1ccccc1Cl. The zero-order valence-corrected chi connectivity index (χ0v) is 11.8. The molecule has 1 aliphatic rings. The van der Waals surface area contributed by atoms with Crippen molar-refractivity contribution < 1.29 is 0 Å². The molecule has 1 nitrogen and oxygen atoms in total. The highest BCUT2D eigenvalue weighted by Gasteiger charge is 2.23. The number of aryl methyl sites for hydroxylation is 1. The lowest BCUT2D eigenvalue weighted by molar-refractivity contribution is 0.465. The van der Waals surface area contributed by atoms with Crippen molar-refractivity contribution in [1.29, 1.82) is 0 Å². The van der Waals surface area contributed by atoms with Crippen LogP contribution < -0.4 is 5.32 Å². The van der Waals surface area contributed by atoms with E-state index in [2.05, 4.69) is 42.6 Å². The minimum absolute atomic E-state index is 0.268. The highest BCUT2D eigenvalue weighted by molar-refractivity contribution is 6.31. The normalized spacial score (nSPS) is 19.2. The van der Waals surface area contributed by atoms with Crippen LogP contribution in [0.5, 0.6) is 0 Å². The molecule has 0 aromatic heterocycles. The van der Waals surface area contributed by atoms with Gasteiger partial charge < -0.3 is 5.32 Å². The number of fused-ring (bicyclic) bond motifs is 1. The Kier molecular flexibility index (Phi) is 3.58. The fraction of sp³-hybridized carbons (Fsp3) is 0.294. The summed E-state index contributed by atoms with van der Waals surface area (Å²) in [5, 5.41) is 4.55. The standard InChI is InChI=1S/C17H18ClN/c1-12(14-7-4-5-9-16(14)18)19-17-11-10-13-6-2-3-8-15(13)17/h2-9,12,17,19H,10-11H2,1H3/t12-,17?/m0/s1. The molecule has 2 aromatic rings. The van der Waals surface area contributed by atoms with E-state index in [1.165, 1.54) is 29.5 Å². The lowest BCUT2D eigenvalue weighted by Crippen LogP contribution is -2.23. The van der Waals surface area contributed by atoms with E-state index >= 15 is 0 Å². The van der Waals surface area contributed by atoms with Crippen LogP contribution in [0.15, 0.2) is 48.5 Å². The Bertz CT molecular complexity index is 579. The van der Waals surface area contributed by atoms with Gasteiger partial charge in [0.2, 0.25) is 0 Å². The smallest absolute Gasteiger partial charge is 0.0453 e. The number of rotatable bonds is 3. The Morgan fingerprint density at radius 2 is 1.84 bits per heavy atom. The van der Waals surface area contributed by atoms with Gasteiger partial charge in [-0.25, -0.2) is 0 Å². The second kappa shape index (κ2) is 5.36. The second-order valence-corrected chi connectivity index (χ2v) is 5.61. The van der Waals surface area contributed by atoms with Gasteiger partial charge in [0.05, 0.1) is 0 Å². The van der Waals surface area contributed by atoms with Gasteiger partial charge in [0.25, 0.3) is 0 Å². The van der Waals surface area contributed by atoms with Gasteiger partial charge in [0, 0.05) is 17.1 Å². The lowest BCUT2D eigenvalue weighted by Gasteiger charge is -2.21. The maximum atomic E-state index is 6.26. The molecule has 0 spiro atoms. The third-order valence-electron chi connectivity index (χ3n) is 3.96. The van der Waals surface area contributed by atoms with Gasteiger partial charge in [-0.1, -0.05) is 54.1 Å². The molecule has 2 heteroatoms. The average molecular weight is 272 g/mol. The third kappa shape index (κ3) is 2.54. The molecule has 1 aliphatic carbocycles. The molecule has 0 aliphatic heterocycles. The van der Waals surface area contributed by atoms with Gasteiger partial charge in [0.15, 0.2) is 0 Å². The molecule has 98 valence electrons. The highest BCUT2D eigenvalue weighted by atomic mass is 35.5. The molecule has 0 saturated carbocycles. The summed E-state index contributed by atoms with van der Waals surface area (Å²) in [4.78, 5) is 0. The van der Waals surface area contributed by atoms with Crippen LogP contribution in [0.3, 0.4) is 0 Å². The van der Waals surface area contributed by atoms with Crippen molar-refractivity contribution in [2.24, 2.45) is 0 Å². The first-order valence-electron chi connectivity index (χ1n) is 6.84. The van der Waals surface area contributed by atoms with E-state index in [1.807, 2.05) is 18.2 Å². The predicted molar refractivity (Wildman–Crippen MR) is 80.5 cm³/mol. The fourth-order valence-electron chi connectivity index (χ4n) is 2.95. The molecule has 0 fully saturated rings. The molecular formula is C17H18ClN. The van der Waals surface area contributed by atoms with Crippen LogP contribution in [0.4, 0.5) is 0 Å². The summed E-state index contributed by atoms with van der Waals surface area (Å²) >= 11 is 6.26. The topological polar surface area (TPSA) is 12.0 Å². The number of benzene rings is 2. The van der Waals surface area contributed by atoms with Crippen LogP contribution in [0, 0.1) is 0 Å². The summed E-state index contributed by atoms with van der Waals surface area (Å²) in [6.45, 7) is 2.18. The summed E-state index contributed by atoms with van der Waals surface area (Å²) in [6, 6.07) is 17.5. The average Bonchev–Trinajstić information content (AvgIpc) is 2.83. The van der Waals surface area contributed by atoms with Crippen molar-refractivity contribution in [3.8, 4) is 0 Å². The van der Waals surface area contributed by atoms with E-state index < -0.39 is 0 Å². The highest BCUT2D eigenvalue weighted by Crippen LogP contribution is 2.33. The van der Waals surface area contributed by atoms with Gasteiger partial charge in [0.1, 0.15) is 0 Å². The van der Waals surface area contributed by atoms with Crippen LogP contribution in [0.25, 0.3) is 0 Å². The summed E-state index contributed by atoms with van der Waals surface area (Å²) in [5.41, 5.74) is 4.10. The Labute approximate surface area is 119 Å². The van der Waals surface area contributed by atoms with Crippen molar-refractivity contribution in [3.63, 3.8) is 0 Å². The van der Waals surface area contributed by atoms with E-state index in [-0.39, 0.29) is 6.04 Å². The van der Waals surface area contributed by atoms with Crippen molar-refractivity contribution >= 4 is 11.6 Å². The van der Waals surface area contributed by atoms with E-state index in [9.17, 15) is 0 Å². The first-order chi connectivity index (χ1) is 9.25.